The van der Waals surface area contributed by atoms with Crippen LogP contribution >= 0.6 is 11.8 Å². The third kappa shape index (κ3) is 4.50. The fourth-order valence-corrected chi connectivity index (χ4v) is 4.63. The number of nitrogens with one attached hydrogen (secondary N) is 2. The van der Waals surface area contributed by atoms with Crippen LogP contribution in [0.25, 0.3) is 27.6 Å². The third-order valence-corrected chi connectivity index (χ3v) is 6.31. The maximum absolute atomic E-state index is 13.6. The number of rotatable bonds is 7. The van der Waals surface area contributed by atoms with Gasteiger partial charge in [-0.15, -0.1) is 0 Å². The molecule has 176 valence electrons. The first kappa shape index (κ1) is 22.7. The van der Waals surface area contributed by atoms with Crippen molar-refractivity contribution in [3.8, 4) is 11.4 Å². The first-order chi connectivity index (χ1) is 17.0. The maximum atomic E-state index is 13.6. The van der Waals surface area contributed by atoms with E-state index in [1.54, 1.807) is 12.1 Å². The zero-order valence-electron chi connectivity index (χ0n) is 18.7. The predicted molar refractivity (Wildman–Crippen MR) is 136 cm³/mol. The van der Waals surface area contributed by atoms with Crippen LogP contribution in [0.1, 0.15) is 6.92 Å². The van der Waals surface area contributed by atoms with Gasteiger partial charge in [0.05, 0.1) is 23.7 Å². The molecule has 0 aliphatic heterocycles. The largest absolute Gasteiger partial charge is 0.492 e. The van der Waals surface area contributed by atoms with E-state index >= 15 is 0 Å². The molecule has 2 heterocycles. The van der Waals surface area contributed by atoms with Crippen LogP contribution in [0.5, 0.6) is 5.75 Å². The molecular weight excluding hydrogens is 467 g/mol. The van der Waals surface area contributed by atoms with Gasteiger partial charge in [-0.2, -0.15) is 0 Å². The van der Waals surface area contributed by atoms with Crippen molar-refractivity contribution in [2.24, 2.45) is 0 Å². The summed E-state index contributed by atoms with van der Waals surface area (Å²) >= 11 is 1.12. The van der Waals surface area contributed by atoms with Crippen LogP contribution in [0.3, 0.4) is 0 Å². The van der Waals surface area contributed by atoms with Crippen molar-refractivity contribution in [1.29, 1.82) is 0 Å². The Morgan fingerprint density at radius 2 is 1.83 bits per heavy atom. The molecule has 0 aliphatic carbocycles. The van der Waals surface area contributed by atoms with Crippen molar-refractivity contribution in [2.75, 3.05) is 17.7 Å². The van der Waals surface area contributed by atoms with Gasteiger partial charge in [0.2, 0.25) is 5.91 Å². The first-order valence-electron chi connectivity index (χ1n) is 11.0. The average molecular weight is 489 g/mol. The second-order valence-corrected chi connectivity index (χ2v) is 8.61. The molecule has 0 atom stereocenters. The summed E-state index contributed by atoms with van der Waals surface area (Å²) in [4.78, 5) is 34.2. The minimum atomic E-state index is -0.414. The summed E-state index contributed by atoms with van der Waals surface area (Å²) in [6.45, 7) is 2.34. The Kier molecular flexibility index (Phi) is 6.24. The number of H-pyrrole nitrogens is 1. The molecule has 5 rings (SSSR count). The second-order valence-electron chi connectivity index (χ2n) is 7.67. The maximum Gasteiger partial charge on any atom is 0.283 e. The Morgan fingerprint density at radius 1 is 1.09 bits per heavy atom. The van der Waals surface area contributed by atoms with Gasteiger partial charge < -0.3 is 15.0 Å². The molecule has 0 fully saturated rings. The average Bonchev–Trinajstić information content (AvgIpc) is 3.24. The number of aromatic nitrogens is 3. The lowest BCUT2D eigenvalue weighted by Gasteiger charge is -2.13. The van der Waals surface area contributed by atoms with E-state index in [-0.39, 0.29) is 17.2 Å². The fourth-order valence-electron chi connectivity index (χ4n) is 3.82. The number of carbonyl (C=O) groups is 1. The first-order valence-corrected chi connectivity index (χ1v) is 12.0. The molecule has 0 bridgehead atoms. The number of aromatic amines is 1. The number of carbonyl (C=O) groups excluding carboxylic acids is 1. The highest BCUT2D eigenvalue weighted by Crippen LogP contribution is 2.27. The van der Waals surface area contributed by atoms with Crippen LogP contribution in [0.15, 0.2) is 82.7 Å². The highest BCUT2D eigenvalue weighted by molar-refractivity contribution is 7.99. The molecule has 2 N–H and O–H groups in total. The highest BCUT2D eigenvalue weighted by atomic mass is 32.2. The molecule has 0 aliphatic rings. The second kappa shape index (κ2) is 9.63. The normalized spacial score (nSPS) is 11.1. The number of amides is 1. The number of anilines is 1. The summed E-state index contributed by atoms with van der Waals surface area (Å²) in [6, 6.07) is 20.3. The highest BCUT2D eigenvalue weighted by Gasteiger charge is 2.18. The standard InChI is InChI=1S/C26H21FN4O3S/c1-2-34-21-10-6-5-9-20(21)28-22(32)15-35-26-30-23-18-7-3-4-8-19(18)29-24(23)25(33)31(26)17-13-11-16(27)12-14-17/h3-14,29H,2,15H2,1H3,(H,28,32). The summed E-state index contributed by atoms with van der Waals surface area (Å²) in [5.41, 5.74) is 2.33. The molecule has 0 saturated heterocycles. The molecule has 0 spiro atoms. The molecule has 1 amide bonds. The lowest BCUT2D eigenvalue weighted by Crippen LogP contribution is -2.23. The Bertz CT molecular complexity index is 1590. The molecule has 7 nitrogen and oxygen atoms in total. The molecule has 0 radical (unpaired) electrons. The molecule has 35 heavy (non-hydrogen) atoms. The number of ether oxygens (including phenoxy) is 1. The van der Waals surface area contributed by atoms with E-state index in [0.717, 1.165) is 22.7 Å². The van der Waals surface area contributed by atoms with Gasteiger partial charge in [-0.3, -0.25) is 14.2 Å². The Hall–Kier alpha value is -4.11. The monoisotopic (exact) mass is 488 g/mol. The number of fused-ring (bicyclic) bond motifs is 3. The van der Waals surface area contributed by atoms with E-state index < -0.39 is 5.82 Å². The van der Waals surface area contributed by atoms with Crippen LogP contribution in [-0.4, -0.2) is 32.8 Å². The number of hydrogen-bond donors (Lipinski definition) is 2. The Labute approximate surface area is 204 Å². The molecule has 0 saturated carbocycles. The van der Waals surface area contributed by atoms with Gasteiger partial charge in [0.1, 0.15) is 22.6 Å². The summed E-state index contributed by atoms with van der Waals surface area (Å²) in [5, 5.41) is 3.99. The van der Waals surface area contributed by atoms with E-state index in [2.05, 4.69) is 10.3 Å². The van der Waals surface area contributed by atoms with Gasteiger partial charge in [-0.25, -0.2) is 9.37 Å². The number of nitrogens with zero attached hydrogens (tertiary/aromatic N) is 2. The topological polar surface area (TPSA) is 89.0 Å². The number of thioether (sulfide) groups is 1. The zero-order chi connectivity index (χ0) is 24.4. The van der Waals surface area contributed by atoms with E-state index in [4.69, 9.17) is 9.72 Å². The SMILES string of the molecule is CCOc1ccccc1NC(=O)CSc1nc2c([nH]c3ccccc32)c(=O)n1-c1ccc(F)cc1. The smallest absolute Gasteiger partial charge is 0.283 e. The van der Waals surface area contributed by atoms with Crippen LogP contribution in [0.4, 0.5) is 10.1 Å². The van der Waals surface area contributed by atoms with Crippen LogP contribution in [0, 0.1) is 5.82 Å². The molecule has 5 aromatic rings. The number of halogens is 1. The van der Waals surface area contributed by atoms with Gasteiger partial charge in [0, 0.05) is 10.9 Å². The minimum Gasteiger partial charge on any atom is -0.492 e. The summed E-state index contributed by atoms with van der Waals surface area (Å²) in [6.07, 6.45) is 0. The lowest BCUT2D eigenvalue weighted by atomic mass is 10.2. The van der Waals surface area contributed by atoms with Crippen molar-refractivity contribution in [1.82, 2.24) is 14.5 Å². The number of hydrogen-bond acceptors (Lipinski definition) is 5. The van der Waals surface area contributed by atoms with Crippen molar-refractivity contribution in [3.05, 3.63) is 89.0 Å². The van der Waals surface area contributed by atoms with Crippen LogP contribution in [0.2, 0.25) is 0 Å². The quantitative estimate of drug-likeness (QED) is 0.245. The van der Waals surface area contributed by atoms with Gasteiger partial charge in [0.25, 0.3) is 5.56 Å². The van der Waals surface area contributed by atoms with Crippen molar-refractivity contribution >= 4 is 45.3 Å². The summed E-state index contributed by atoms with van der Waals surface area (Å²) in [5.74, 6) is -0.110. The van der Waals surface area contributed by atoms with Gasteiger partial charge in [-0.1, -0.05) is 42.1 Å². The molecular formula is C26H21FN4O3S. The summed E-state index contributed by atoms with van der Waals surface area (Å²) in [7, 11) is 0. The number of benzene rings is 3. The molecule has 2 aromatic heterocycles. The number of para-hydroxylation sites is 3. The molecule has 9 heteroatoms. The van der Waals surface area contributed by atoms with Crippen molar-refractivity contribution < 1.29 is 13.9 Å². The van der Waals surface area contributed by atoms with E-state index in [1.165, 1.54) is 28.8 Å². The Morgan fingerprint density at radius 3 is 2.63 bits per heavy atom. The Balaban J connectivity index is 1.52. The van der Waals surface area contributed by atoms with Crippen molar-refractivity contribution in [2.45, 2.75) is 12.1 Å². The third-order valence-electron chi connectivity index (χ3n) is 5.37. The zero-order valence-corrected chi connectivity index (χ0v) is 19.6. The minimum absolute atomic E-state index is 0.00194. The van der Waals surface area contributed by atoms with E-state index in [0.29, 0.717) is 39.9 Å². The van der Waals surface area contributed by atoms with Gasteiger partial charge >= 0.3 is 0 Å². The van der Waals surface area contributed by atoms with Crippen molar-refractivity contribution in [3.63, 3.8) is 0 Å². The fraction of sp³-hybridized carbons (Fsp3) is 0.115. The lowest BCUT2D eigenvalue weighted by molar-refractivity contribution is -0.113. The van der Waals surface area contributed by atoms with Crippen LogP contribution < -0.4 is 15.6 Å². The molecule has 0 unspecified atom stereocenters. The van der Waals surface area contributed by atoms with Gasteiger partial charge in [0.15, 0.2) is 5.16 Å². The van der Waals surface area contributed by atoms with Crippen LogP contribution in [-0.2, 0) is 4.79 Å². The van der Waals surface area contributed by atoms with E-state index in [1.807, 2.05) is 43.3 Å². The predicted octanol–water partition coefficient (Wildman–Crippen LogP) is 5.14. The van der Waals surface area contributed by atoms with Gasteiger partial charge in [-0.05, 0) is 49.4 Å². The summed E-state index contributed by atoms with van der Waals surface area (Å²) < 4.78 is 20.5. The van der Waals surface area contributed by atoms with E-state index in [9.17, 15) is 14.0 Å². The molecule has 3 aromatic carbocycles.